The number of fused-ring (bicyclic) bond motifs is 1. The number of rotatable bonds is 4. The Morgan fingerprint density at radius 3 is 2.63 bits per heavy atom. The molecule has 0 bridgehead atoms. The molecule has 3 aromatic rings. The van der Waals surface area contributed by atoms with Gasteiger partial charge in [-0.1, -0.05) is 29.8 Å². The third-order valence-electron chi connectivity index (χ3n) is 4.04. The lowest BCUT2D eigenvalue weighted by Crippen LogP contribution is -2.27. The van der Waals surface area contributed by atoms with Crippen molar-refractivity contribution in [2.75, 3.05) is 0 Å². The van der Waals surface area contributed by atoms with Crippen LogP contribution in [0.25, 0.3) is 11.0 Å². The van der Waals surface area contributed by atoms with E-state index in [4.69, 9.17) is 11.6 Å². The Morgan fingerprint density at radius 1 is 1.26 bits per heavy atom. The Kier molecular flexibility index (Phi) is 5.10. The van der Waals surface area contributed by atoms with Gasteiger partial charge in [-0.3, -0.25) is 4.79 Å². The van der Waals surface area contributed by atoms with Gasteiger partial charge in [-0.15, -0.1) is 0 Å². The van der Waals surface area contributed by atoms with Crippen molar-refractivity contribution in [1.29, 1.82) is 0 Å². The zero-order valence-corrected chi connectivity index (χ0v) is 15.3. The predicted molar refractivity (Wildman–Crippen MR) is 95.3 cm³/mol. The van der Waals surface area contributed by atoms with Gasteiger partial charge in [0.1, 0.15) is 6.54 Å². The van der Waals surface area contributed by atoms with Crippen molar-refractivity contribution in [3.05, 3.63) is 57.9 Å². The highest BCUT2D eigenvalue weighted by molar-refractivity contribution is 6.31. The van der Waals surface area contributed by atoms with E-state index in [2.05, 4.69) is 15.4 Å². The van der Waals surface area contributed by atoms with Crippen LogP contribution in [0.5, 0.6) is 0 Å². The van der Waals surface area contributed by atoms with Crippen molar-refractivity contribution >= 4 is 28.5 Å². The number of amides is 1. The van der Waals surface area contributed by atoms with Gasteiger partial charge in [0.15, 0.2) is 5.65 Å². The summed E-state index contributed by atoms with van der Waals surface area (Å²) in [6.45, 7) is 2.89. The minimum atomic E-state index is -4.53. The lowest BCUT2D eigenvalue weighted by Gasteiger charge is -2.10. The maximum atomic E-state index is 13.3. The summed E-state index contributed by atoms with van der Waals surface area (Å²) in [4.78, 5) is 16.4. The van der Waals surface area contributed by atoms with Crippen LogP contribution in [0, 0.1) is 13.8 Å². The number of nitrogens with one attached hydrogen (secondary N) is 1. The molecule has 2 aromatic heterocycles. The average molecular weight is 397 g/mol. The largest absolute Gasteiger partial charge is 0.417 e. The fourth-order valence-electron chi connectivity index (χ4n) is 2.84. The molecule has 0 unspecified atom stereocenters. The normalized spacial score (nSPS) is 11.8. The average Bonchev–Trinajstić information content (AvgIpc) is 2.88. The number of aryl methyl sites for hydroxylation is 2. The van der Waals surface area contributed by atoms with Crippen molar-refractivity contribution in [2.45, 2.75) is 33.1 Å². The van der Waals surface area contributed by atoms with Gasteiger partial charge >= 0.3 is 6.18 Å². The summed E-state index contributed by atoms with van der Waals surface area (Å²) >= 11 is 6.04. The van der Waals surface area contributed by atoms with E-state index in [9.17, 15) is 18.0 Å². The molecule has 5 nitrogen and oxygen atoms in total. The molecule has 1 N–H and O–H groups in total. The fraction of sp³-hybridized carbons (Fsp3) is 0.278. The molecule has 2 heterocycles. The molecule has 0 radical (unpaired) electrons. The summed E-state index contributed by atoms with van der Waals surface area (Å²) < 4.78 is 41.2. The number of carbonyl (C=O) groups is 1. The minimum absolute atomic E-state index is 0.0349. The van der Waals surface area contributed by atoms with Gasteiger partial charge in [0.25, 0.3) is 0 Å². The van der Waals surface area contributed by atoms with Gasteiger partial charge in [0.05, 0.1) is 16.6 Å². The third kappa shape index (κ3) is 4.05. The molecule has 0 saturated carbocycles. The van der Waals surface area contributed by atoms with E-state index in [0.29, 0.717) is 5.02 Å². The molecule has 0 aliphatic rings. The summed E-state index contributed by atoms with van der Waals surface area (Å²) in [6.07, 6.45) is -4.53. The Labute approximate surface area is 158 Å². The maximum absolute atomic E-state index is 13.3. The van der Waals surface area contributed by atoms with E-state index in [-0.39, 0.29) is 35.5 Å². The monoisotopic (exact) mass is 396 g/mol. The Hall–Kier alpha value is -2.61. The second-order valence-corrected chi connectivity index (χ2v) is 6.53. The molecule has 27 heavy (non-hydrogen) atoms. The summed E-state index contributed by atoms with van der Waals surface area (Å²) in [7, 11) is 0. The number of hydrogen-bond acceptors (Lipinski definition) is 3. The van der Waals surface area contributed by atoms with Crippen LogP contribution in [-0.2, 0) is 24.1 Å². The van der Waals surface area contributed by atoms with Crippen LogP contribution in [0.2, 0.25) is 5.02 Å². The highest BCUT2D eigenvalue weighted by Gasteiger charge is 2.35. The number of nitrogens with zero attached hydrogens (tertiary/aromatic N) is 3. The molecule has 0 atom stereocenters. The fourth-order valence-corrected chi connectivity index (χ4v) is 3.04. The Bertz CT molecular complexity index is 1010. The lowest BCUT2D eigenvalue weighted by atomic mass is 10.1. The number of pyridine rings is 1. The van der Waals surface area contributed by atoms with Crippen molar-refractivity contribution < 1.29 is 18.0 Å². The number of benzene rings is 1. The number of alkyl halides is 3. The first-order valence-electron chi connectivity index (χ1n) is 8.09. The van der Waals surface area contributed by atoms with Crippen LogP contribution in [0.15, 0.2) is 30.3 Å². The summed E-state index contributed by atoms with van der Waals surface area (Å²) in [5.74, 6) is -0.406. The van der Waals surface area contributed by atoms with E-state index in [1.807, 2.05) is 0 Å². The van der Waals surface area contributed by atoms with Gasteiger partial charge < -0.3 is 5.32 Å². The van der Waals surface area contributed by atoms with Gasteiger partial charge in [-0.2, -0.15) is 18.3 Å². The molecule has 142 valence electrons. The van der Waals surface area contributed by atoms with E-state index < -0.39 is 17.6 Å². The van der Waals surface area contributed by atoms with E-state index in [1.54, 1.807) is 24.3 Å². The molecule has 0 spiro atoms. The third-order valence-corrected chi connectivity index (χ3v) is 4.41. The van der Waals surface area contributed by atoms with E-state index in [0.717, 1.165) is 11.6 Å². The molecule has 1 amide bonds. The van der Waals surface area contributed by atoms with Crippen LogP contribution in [-0.4, -0.2) is 20.7 Å². The second kappa shape index (κ2) is 7.19. The smallest absolute Gasteiger partial charge is 0.350 e. The number of aromatic nitrogens is 3. The zero-order valence-electron chi connectivity index (χ0n) is 14.6. The number of halogens is 4. The predicted octanol–water partition coefficient (Wildman–Crippen LogP) is 4.04. The molecule has 9 heteroatoms. The Balaban J connectivity index is 1.86. The van der Waals surface area contributed by atoms with Crippen LogP contribution < -0.4 is 5.32 Å². The summed E-state index contributed by atoms with van der Waals surface area (Å²) in [6, 6.07) is 8.04. The van der Waals surface area contributed by atoms with Gasteiger partial charge in [-0.25, -0.2) is 9.67 Å². The van der Waals surface area contributed by atoms with Gasteiger partial charge in [0, 0.05) is 17.3 Å². The van der Waals surface area contributed by atoms with Crippen molar-refractivity contribution in [1.82, 2.24) is 20.1 Å². The number of hydrogen-bond donors (Lipinski definition) is 1. The topological polar surface area (TPSA) is 59.8 Å². The molecular formula is C18H16ClF3N4O. The van der Waals surface area contributed by atoms with Gasteiger partial charge in [0.2, 0.25) is 5.91 Å². The lowest BCUT2D eigenvalue weighted by molar-refractivity contribution is -0.136. The first-order chi connectivity index (χ1) is 12.7. The molecular weight excluding hydrogens is 381 g/mol. The number of carbonyl (C=O) groups excluding carboxylic acids is 1. The van der Waals surface area contributed by atoms with Crippen LogP contribution >= 0.6 is 11.6 Å². The molecule has 1 aromatic carbocycles. The van der Waals surface area contributed by atoms with Gasteiger partial charge in [-0.05, 0) is 31.5 Å². The van der Waals surface area contributed by atoms with E-state index >= 15 is 0 Å². The Morgan fingerprint density at radius 2 is 1.96 bits per heavy atom. The van der Waals surface area contributed by atoms with Crippen LogP contribution in [0.4, 0.5) is 13.2 Å². The van der Waals surface area contributed by atoms with Crippen molar-refractivity contribution in [2.24, 2.45) is 0 Å². The standard InChI is InChI=1S/C18H16ClF3N4O/c1-10-7-13(18(20,21)22)16-11(2)25-26(17(16)24-10)9-15(27)23-8-12-5-3-4-6-14(12)19/h3-7H,8-9H2,1-2H3,(H,23,27). The highest BCUT2D eigenvalue weighted by Crippen LogP contribution is 2.36. The molecule has 0 aliphatic heterocycles. The zero-order chi connectivity index (χ0) is 19.8. The molecule has 0 fully saturated rings. The van der Waals surface area contributed by atoms with Crippen molar-refractivity contribution in [3.8, 4) is 0 Å². The summed E-state index contributed by atoms with van der Waals surface area (Å²) in [5.41, 5.74) is 0.344. The van der Waals surface area contributed by atoms with Crippen LogP contribution in [0.1, 0.15) is 22.5 Å². The molecule has 0 aliphatic carbocycles. The molecule has 3 rings (SSSR count). The van der Waals surface area contributed by atoms with Crippen molar-refractivity contribution in [3.63, 3.8) is 0 Å². The van der Waals surface area contributed by atoms with Crippen LogP contribution in [0.3, 0.4) is 0 Å². The molecule has 0 saturated heterocycles. The first kappa shape index (κ1) is 19.2. The minimum Gasteiger partial charge on any atom is -0.350 e. The first-order valence-corrected chi connectivity index (χ1v) is 8.46. The second-order valence-electron chi connectivity index (χ2n) is 6.12. The highest BCUT2D eigenvalue weighted by atomic mass is 35.5. The van der Waals surface area contributed by atoms with E-state index in [1.165, 1.54) is 18.5 Å². The quantitative estimate of drug-likeness (QED) is 0.724. The maximum Gasteiger partial charge on any atom is 0.417 e. The SMILES string of the molecule is Cc1cc(C(F)(F)F)c2c(C)nn(CC(=O)NCc3ccccc3Cl)c2n1. The summed E-state index contributed by atoms with van der Waals surface area (Å²) in [5, 5.41) is 7.20.